The number of nitrogens with zero attached hydrogens (tertiary/aromatic N) is 1. The predicted octanol–water partition coefficient (Wildman–Crippen LogP) is 1.99. The third-order valence-electron chi connectivity index (χ3n) is 4.17. The van der Waals surface area contributed by atoms with Gasteiger partial charge in [-0.05, 0) is 25.0 Å². The van der Waals surface area contributed by atoms with Crippen molar-refractivity contribution in [2.45, 2.75) is 25.4 Å². The Hall–Kier alpha value is -1.59. The summed E-state index contributed by atoms with van der Waals surface area (Å²) in [4.78, 5) is 26.0. The SMILES string of the molecule is O=C(NCC1CCCO1)C1CC(=O)N(c2ccccc2Cl)C1. The van der Waals surface area contributed by atoms with E-state index in [1.54, 1.807) is 17.0 Å². The van der Waals surface area contributed by atoms with Crippen LogP contribution in [0.5, 0.6) is 0 Å². The Morgan fingerprint density at radius 3 is 2.95 bits per heavy atom. The molecule has 0 aromatic heterocycles. The Bertz CT molecular complexity index is 572. The van der Waals surface area contributed by atoms with Crippen LogP contribution in [0.15, 0.2) is 24.3 Å². The lowest BCUT2D eigenvalue weighted by molar-refractivity contribution is -0.126. The van der Waals surface area contributed by atoms with E-state index in [9.17, 15) is 9.59 Å². The van der Waals surface area contributed by atoms with Crippen molar-refractivity contribution in [1.29, 1.82) is 0 Å². The fourth-order valence-corrected chi connectivity index (χ4v) is 3.19. The molecule has 3 rings (SSSR count). The Morgan fingerprint density at radius 2 is 2.23 bits per heavy atom. The highest BCUT2D eigenvalue weighted by Crippen LogP contribution is 2.31. The molecule has 0 bridgehead atoms. The fraction of sp³-hybridized carbons (Fsp3) is 0.500. The molecule has 2 saturated heterocycles. The minimum atomic E-state index is -0.329. The van der Waals surface area contributed by atoms with Gasteiger partial charge in [0.05, 0.1) is 22.7 Å². The topological polar surface area (TPSA) is 58.6 Å². The molecule has 1 aromatic rings. The number of halogens is 1. The number of ether oxygens (including phenoxy) is 1. The zero-order chi connectivity index (χ0) is 15.5. The monoisotopic (exact) mass is 322 g/mol. The second kappa shape index (κ2) is 6.67. The van der Waals surface area contributed by atoms with E-state index in [1.165, 1.54) is 0 Å². The molecule has 0 aliphatic carbocycles. The molecule has 1 aromatic carbocycles. The maximum atomic E-state index is 12.2. The van der Waals surface area contributed by atoms with Gasteiger partial charge >= 0.3 is 0 Å². The third-order valence-corrected chi connectivity index (χ3v) is 4.49. The van der Waals surface area contributed by atoms with Crippen molar-refractivity contribution in [2.75, 3.05) is 24.6 Å². The molecule has 5 nitrogen and oxygen atoms in total. The average molecular weight is 323 g/mol. The predicted molar refractivity (Wildman–Crippen MR) is 83.9 cm³/mol. The molecular weight excluding hydrogens is 304 g/mol. The van der Waals surface area contributed by atoms with Crippen LogP contribution in [0, 0.1) is 5.92 Å². The molecule has 1 N–H and O–H groups in total. The second-order valence-electron chi connectivity index (χ2n) is 5.74. The van der Waals surface area contributed by atoms with Crippen molar-refractivity contribution in [3.05, 3.63) is 29.3 Å². The van der Waals surface area contributed by atoms with Crippen molar-refractivity contribution >= 4 is 29.1 Å². The van der Waals surface area contributed by atoms with Gasteiger partial charge in [-0.2, -0.15) is 0 Å². The molecule has 2 aliphatic rings. The van der Waals surface area contributed by atoms with Crippen LogP contribution in [-0.4, -0.2) is 37.6 Å². The van der Waals surface area contributed by atoms with Gasteiger partial charge in [0.2, 0.25) is 11.8 Å². The van der Waals surface area contributed by atoms with Crippen LogP contribution in [0.3, 0.4) is 0 Å². The molecule has 2 heterocycles. The number of carbonyl (C=O) groups is 2. The van der Waals surface area contributed by atoms with E-state index in [2.05, 4.69) is 5.32 Å². The summed E-state index contributed by atoms with van der Waals surface area (Å²) in [6, 6.07) is 7.19. The average Bonchev–Trinajstić information content (AvgIpc) is 3.15. The molecule has 118 valence electrons. The molecule has 0 saturated carbocycles. The van der Waals surface area contributed by atoms with E-state index in [0.29, 0.717) is 23.8 Å². The lowest BCUT2D eigenvalue weighted by atomic mass is 10.1. The zero-order valence-corrected chi connectivity index (χ0v) is 13.0. The molecule has 0 radical (unpaired) electrons. The molecule has 2 fully saturated rings. The summed E-state index contributed by atoms with van der Waals surface area (Å²) < 4.78 is 5.48. The van der Waals surface area contributed by atoms with Crippen LogP contribution in [0.2, 0.25) is 5.02 Å². The number of benzene rings is 1. The van der Waals surface area contributed by atoms with Gasteiger partial charge in [0, 0.05) is 26.1 Å². The first-order valence-electron chi connectivity index (χ1n) is 7.59. The van der Waals surface area contributed by atoms with Gasteiger partial charge in [-0.1, -0.05) is 23.7 Å². The summed E-state index contributed by atoms with van der Waals surface area (Å²) in [5.41, 5.74) is 0.670. The summed E-state index contributed by atoms with van der Waals surface area (Å²) in [5.74, 6) is -0.478. The first-order chi connectivity index (χ1) is 10.6. The molecule has 6 heteroatoms. The van der Waals surface area contributed by atoms with E-state index in [-0.39, 0.29) is 30.3 Å². The van der Waals surface area contributed by atoms with Crippen LogP contribution in [0.4, 0.5) is 5.69 Å². The maximum absolute atomic E-state index is 12.2. The van der Waals surface area contributed by atoms with Crippen LogP contribution < -0.4 is 10.2 Å². The zero-order valence-electron chi connectivity index (χ0n) is 12.3. The highest BCUT2D eigenvalue weighted by molar-refractivity contribution is 6.33. The fourth-order valence-electron chi connectivity index (χ4n) is 2.95. The van der Waals surface area contributed by atoms with E-state index in [0.717, 1.165) is 19.4 Å². The summed E-state index contributed by atoms with van der Waals surface area (Å²) in [6.07, 6.45) is 2.36. The summed E-state index contributed by atoms with van der Waals surface area (Å²) >= 11 is 6.13. The molecule has 22 heavy (non-hydrogen) atoms. The van der Waals surface area contributed by atoms with Crippen molar-refractivity contribution in [2.24, 2.45) is 5.92 Å². The molecule has 0 spiro atoms. The number of amides is 2. The van der Waals surface area contributed by atoms with Gasteiger partial charge in [0.1, 0.15) is 0 Å². The van der Waals surface area contributed by atoms with Crippen molar-refractivity contribution in [3.8, 4) is 0 Å². The first-order valence-corrected chi connectivity index (χ1v) is 7.97. The smallest absolute Gasteiger partial charge is 0.227 e. The standard InChI is InChI=1S/C16H19ClN2O3/c17-13-5-1-2-6-14(13)19-10-11(8-15(19)20)16(21)18-9-12-4-3-7-22-12/h1-2,5-6,11-12H,3-4,7-10H2,(H,18,21). The lowest BCUT2D eigenvalue weighted by Gasteiger charge is -2.18. The minimum Gasteiger partial charge on any atom is -0.376 e. The third kappa shape index (κ3) is 3.25. The summed E-state index contributed by atoms with van der Waals surface area (Å²) in [6.45, 7) is 1.66. The van der Waals surface area contributed by atoms with Crippen LogP contribution >= 0.6 is 11.6 Å². The normalized spacial score (nSPS) is 24.8. The van der Waals surface area contributed by atoms with Crippen LogP contribution in [-0.2, 0) is 14.3 Å². The number of para-hydroxylation sites is 1. The molecule has 2 atom stereocenters. The van der Waals surface area contributed by atoms with Crippen LogP contribution in [0.25, 0.3) is 0 Å². The van der Waals surface area contributed by atoms with E-state index >= 15 is 0 Å². The number of hydrogen-bond acceptors (Lipinski definition) is 3. The van der Waals surface area contributed by atoms with Gasteiger partial charge in [-0.25, -0.2) is 0 Å². The highest BCUT2D eigenvalue weighted by Gasteiger charge is 2.36. The Balaban J connectivity index is 1.59. The second-order valence-corrected chi connectivity index (χ2v) is 6.14. The number of carbonyl (C=O) groups excluding carboxylic acids is 2. The maximum Gasteiger partial charge on any atom is 0.227 e. The number of nitrogens with one attached hydrogen (secondary N) is 1. The van der Waals surface area contributed by atoms with Gasteiger partial charge < -0.3 is 15.0 Å². The summed E-state index contributed by atoms with van der Waals surface area (Å²) in [5, 5.41) is 3.42. The Labute approximate surface area is 134 Å². The largest absolute Gasteiger partial charge is 0.376 e. The van der Waals surface area contributed by atoms with E-state index < -0.39 is 0 Å². The van der Waals surface area contributed by atoms with E-state index in [1.807, 2.05) is 12.1 Å². The molecule has 2 amide bonds. The highest BCUT2D eigenvalue weighted by atomic mass is 35.5. The molecular formula is C16H19ClN2O3. The van der Waals surface area contributed by atoms with Gasteiger partial charge in [0.15, 0.2) is 0 Å². The first kappa shape index (κ1) is 15.3. The minimum absolute atomic E-state index is 0.0645. The van der Waals surface area contributed by atoms with Gasteiger partial charge in [-0.15, -0.1) is 0 Å². The molecule has 2 unspecified atom stereocenters. The van der Waals surface area contributed by atoms with Crippen LogP contribution in [0.1, 0.15) is 19.3 Å². The number of rotatable bonds is 4. The van der Waals surface area contributed by atoms with Crippen molar-refractivity contribution in [3.63, 3.8) is 0 Å². The number of hydrogen-bond donors (Lipinski definition) is 1. The molecule has 2 aliphatic heterocycles. The quantitative estimate of drug-likeness (QED) is 0.922. The Morgan fingerprint density at radius 1 is 1.41 bits per heavy atom. The lowest BCUT2D eigenvalue weighted by Crippen LogP contribution is -2.37. The van der Waals surface area contributed by atoms with Gasteiger partial charge in [-0.3, -0.25) is 9.59 Å². The number of anilines is 1. The summed E-state index contributed by atoms with van der Waals surface area (Å²) in [7, 11) is 0. The Kier molecular flexibility index (Phi) is 4.64. The van der Waals surface area contributed by atoms with E-state index in [4.69, 9.17) is 16.3 Å². The van der Waals surface area contributed by atoms with Crippen molar-refractivity contribution < 1.29 is 14.3 Å². The van der Waals surface area contributed by atoms with Gasteiger partial charge in [0.25, 0.3) is 0 Å². The van der Waals surface area contributed by atoms with Crippen molar-refractivity contribution in [1.82, 2.24) is 5.32 Å².